The van der Waals surface area contributed by atoms with Crippen LogP contribution >= 0.6 is 0 Å². The normalized spacial score (nSPS) is 11.3. The maximum Gasteiger partial charge on any atom is 0.330 e. The zero-order valence-electron chi connectivity index (χ0n) is 9.90. The van der Waals surface area contributed by atoms with Crippen molar-refractivity contribution in [2.45, 2.75) is 13.3 Å². The molecule has 0 fully saturated rings. The van der Waals surface area contributed by atoms with Gasteiger partial charge in [0.1, 0.15) is 0 Å². The smallest absolute Gasteiger partial charge is 0.330 e. The number of benzene rings is 1. The Labute approximate surface area is 96.0 Å². The Balaban J connectivity index is 2.69. The first kappa shape index (κ1) is 12.3. The second-order valence-electron chi connectivity index (χ2n) is 3.96. The van der Waals surface area contributed by atoms with Crippen LogP contribution in [0.5, 0.6) is 0 Å². The van der Waals surface area contributed by atoms with Gasteiger partial charge in [-0.2, -0.15) is 0 Å². The predicted molar refractivity (Wildman–Crippen MR) is 65.9 cm³/mol. The highest BCUT2D eigenvalue weighted by Gasteiger charge is 1.99. The van der Waals surface area contributed by atoms with E-state index in [-0.39, 0.29) is 0 Å². The summed E-state index contributed by atoms with van der Waals surface area (Å²) in [5.41, 5.74) is 2.64. The molecule has 0 spiro atoms. The molecule has 0 aliphatic rings. The van der Waals surface area contributed by atoms with Crippen molar-refractivity contribution < 1.29 is 9.90 Å². The lowest BCUT2D eigenvalue weighted by Crippen LogP contribution is -2.08. The van der Waals surface area contributed by atoms with Crippen LogP contribution in [0.25, 0.3) is 0 Å². The number of hydrogen-bond donors (Lipinski definition) is 1. The SMILES string of the molecule is CC(=CCc1ccc(N(C)C)cc1)C(=O)O. The fourth-order valence-corrected chi connectivity index (χ4v) is 1.29. The molecule has 3 heteroatoms. The quantitative estimate of drug-likeness (QED) is 0.790. The molecule has 0 unspecified atom stereocenters. The van der Waals surface area contributed by atoms with Crippen molar-refractivity contribution in [3.63, 3.8) is 0 Å². The average Bonchev–Trinajstić information content (AvgIpc) is 2.26. The molecular weight excluding hydrogens is 202 g/mol. The summed E-state index contributed by atoms with van der Waals surface area (Å²) >= 11 is 0. The lowest BCUT2D eigenvalue weighted by molar-refractivity contribution is -0.132. The number of hydrogen-bond acceptors (Lipinski definition) is 2. The van der Waals surface area contributed by atoms with Crippen LogP contribution < -0.4 is 4.90 Å². The van der Waals surface area contributed by atoms with Crippen molar-refractivity contribution in [2.24, 2.45) is 0 Å². The summed E-state index contributed by atoms with van der Waals surface area (Å²) in [6, 6.07) is 8.08. The Bertz CT molecular complexity index is 391. The van der Waals surface area contributed by atoms with E-state index in [0.29, 0.717) is 12.0 Å². The van der Waals surface area contributed by atoms with Gasteiger partial charge >= 0.3 is 5.97 Å². The van der Waals surface area contributed by atoms with Gasteiger partial charge in [0.25, 0.3) is 0 Å². The minimum Gasteiger partial charge on any atom is -0.478 e. The first-order valence-electron chi connectivity index (χ1n) is 5.17. The van der Waals surface area contributed by atoms with E-state index < -0.39 is 5.97 Å². The third-order valence-corrected chi connectivity index (χ3v) is 2.43. The lowest BCUT2D eigenvalue weighted by atomic mass is 10.1. The van der Waals surface area contributed by atoms with E-state index in [1.165, 1.54) is 0 Å². The molecule has 16 heavy (non-hydrogen) atoms. The molecule has 0 amide bonds. The molecule has 86 valence electrons. The Morgan fingerprint density at radius 3 is 2.31 bits per heavy atom. The van der Waals surface area contributed by atoms with Gasteiger partial charge in [-0.25, -0.2) is 4.79 Å². The van der Waals surface area contributed by atoms with Gasteiger partial charge in [-0.3, -0.25) is 0 Å². The van der Waals surface area contributed by atoms with Gasteiger partial charge in [-0.05, 0) is 31.0 Å². The molecule has 3 nitrogen and oxygen atoms in total. The fraction of sp³-hybridized carbons (Fsp3) is 0.308. The topological polar surface area (TPSA) is 40.5 Å². The molecule has 0 radical (unpaired) electrons. The molecule has 0 saturated carbocycles. The van der Waals surface area contributed by atoms with Gasteiger partial charge in [0.2, 0.25) is 0 Å². The highest BCUT2D eigenvalue weighted by molar-refractivity contribution is 5.85. The maximum absolute atomic E-state index is 10.6. The van der Waals surface area contributed by atoms with Crippen LogP contribution in [-0.2, 0) is 11.2 Å². The number of carboxylic acids is 1. The third kappa shape index (κ3) is 3.42. The fourth-order valence-electron chi connectivity index (χ4n) is 1.29. The molecular formula is C13H17NO2. The van der Waals surface area contributed by atoms with E-state index >= 15 is 0 Å². The highest BCUT2D eigenvalue weighted by Crippen LogP contribution is 2.13. The molecule has 0 aromatic heterocycles. The maximum atomic E-state index is 10.6. The van der Waals surface area contributed by atoms with Crippen molar-refractivity contribution in [3.05, 3.63) is 41.5 Å². The van der Waals surface area contributed by atoms with Crippen LogP contribution in [-0.4, -0.2) is 25.2 Å². The minimum atomic E-state index is -0.857. The Hall–Kier alpha value is -1.77. The van der Waals surface area contributed by atoms with Crippen molar-refractivity contribution in [1.29, 1.82) is 0 Å². The zero-order valence-corrected chi connectivity index (χ0v) is 9.90. The van der Waals surface area contributed by atoms with Crippen molar-refractivity contribution in [3.8, 4) is 0 Å². The van der Waals surface area contributed by atoms with Crippen molar-refractivity contribution in [1.82, 2.24) is 0 Å². The summed E-state index contributed by atoms with van der Waals surface area (Å²) < 4.78 is 0. The van der Waals surface area contributed by atoms with Gasteiger partial charge < -0.3 is 10.0 Å². The summed E-state index contributed by atoms with van der Waals surface area (Å²) in [6.45, 7) is 1.61. The second kappa shape index (κ2) is 5.35. The third-order valence-electron chi connectivity index (χ3n) is 2.43. The van der Waals surface area contributed by atoms with E-state index in [1.807, 2.05) is 43.3 Å². The van der Waals surface area contributed by atoms with E-state index in [0.717, 1.165) is 11.3 Å². The molecule has 0 aliphatic carbocycles. The van der Waals surface area contributed by atoms with Gasteiger partial charge in [0.15, 0.2) is 0 Å². The first-order valence-corrected chi connectivity index (χ1v) is 5.17. The summed E-state index contributed by atoms with van der Waals surface area (Å²) in [6.07, 6.45) is 2.39. The number of allylic oxidation sites excluding steroid dienone is 1. The number of carbonyl (C=O) groups is 1. The molecule has 1 aromatic rings. The molecule has 1 aromatic carbocycles. The average molecular weight is 219 g/mol. The summed E-state index contributed by atoms with van der Waals surface area (Å²) in [5.74, 6) is -0.857. The van der Waals surface area contributed by atoms with Crippen LogP contribution in [0.1, 0.15) is 12.5 Å². The molecule has 0 heterocycles. The van der Waals surface area contributed by atoms with E-state index in [1.54, 1.807) is 13.0 Å². The number of anilines is 1. The summed E-state index contributed by atoms with van der Waals surface area (Å²) in [5, 5.41) is 8.70. The van der Waals surface area contributed by atoms with Crippen molar-refractivity contribution in [2.75, 3.05) is 19.0 Å². The summed E-state index contributed by atoms with van der Waals surface area (Å²) in [7, 11) is 3.98. The Morgan fingerprint density at radius 1 is 1.31 bits per heavy atom. The number of nitrogens with zero attached hydrogens (tertiary/aromatic N) is 1. The highest BCUT2D eigenvalue weighted by atomic mass is 16.4. The Kier molecular flexibility index (Phi) is 4.11. The monoisotopic (exact) mass is 219 g/mol. The standard InChI is InChI=1S/C13H17NO2/c1-10(13(15)16)4-5-11-6-8-12(9-7-11)14(2)3/h4,6-9H,5H2,1-3H3,(H,15,16). The van der Waals surface area contributed by atoms with Gasteiger partial charge in [0.05, 0.1) is 0 Å². The first-order chi connectivity index (χ1) is 7.50. The zero-order chi connectivity index (χ0) is 12.1. The van der Waals surface area contributed by atoms with Gasteiger partial charge in [-0.1, -0.05) is 18.2 Å². The van der Waals surface area contributed by atoms with Gasteiger partial charge in [0, 0.05) is 25.4 Å². The molecule has 1 rings (SSSR count). The molecule has 0 atom stereocenters. The summed E-state index contributed by atoms with van der Waals surface area (Å²) in [4.78, 5) is 12.6. The molecule has 0 saturated heterocycles. The number of rotatable bonds is 4. The molecule has 1 N–H and O–H groups in total. The van der Waals surface area contributed by atoms with Crippen LogP contribution in [0.3, 0.4) is 0 Å². The van der Waals surface area contributed by atoms with Crippen LogP contribution in [0.15, 0.2) is 35.9 Å². The van der Waals surface area contributed by atoms with Crippen LogP contribution in [0.4, 0.5) is 5.69 Å². The molecule has 0 bridgehead atoms. The minimum absolute atomic E-state index is 0.386. The van der Waals surface area contributed by atoms with Crippen LogP contribution in [0, 0.1) is 0 Å². The number of carboxylic acid groups (broad SMARTS) is 1. The van der Waals surface area contributed by atoms with Crippen LogP contribution in [0.2, 0.25) is 0 Å². The van der Waals surface area contributed by atoms with E-state index in [2.05, 4.69) is 0 Å². The van der Waals surface area contributed by atoms with E-state index in [4.69, 9.17) is 5.11 Å². The van der Waals surface area contributed by atoms with Crippen molar-refractivity contribution >= 4 is 11.7 Å². The number of aliphatic carboxylic acids is 1. The second-order valence-corrected chi connectivity index (χ2v) is 3.96. The predicted octanol–water partition coefficient (Wildman–Crippen LogP) is 2.33. The lowest BCUT2D eigenvalue weighted by Gasteiger charge is -2.12. The van der Waals surface area contributed by atoms with E-state index in [9.17, 15) is 4.79 Å². The van der Waals surface area contributed by atoms with Gasteiger partial charge in [-0.15, -0.1) is 0 Å². The molecule has 0 aliphatic heterocycles. The Morgan fingerprint density at radius 2 is 1.88 bits per heavy atom. The largest absolute Gasteiger partial charge is 0.478 e.